The fourth-order valence-electron chi connectivity index (χ4n) is 3.30. The number of ether oxygens (including phenoxy) is 1. The van der Waals surface area contributed by atoms with E-state index < -0.39 is 5.67 Å². The predicted octanol–water partition coefficient (Wildman–Crippen LogP) is 3.34. The Hall–Kier alpha value is -1.09. The summed E-state index contributed by atoms with van der Waals surface area (Å²) < 4.78 is 20.8. The normalized spacial score (nSPS) is 25.5. The molecule has 19 heavy (non-hydrogen) atoms. The van der Waals surface area contributed by atoms with E-state index in [0.717, 1.165) is 36.3 Å². The summed E-state index contributed by atoms with van der Waals surface area (Å²) >= 11 is 0. The van der Waals surface area contributed by atoms with Gasteiger partial charge in [-0.05, 0) is 31.9 Å². The van der Waals surface area contributed by atoms with Gasteiger partial charge in [0.05, 0.1) is 6.61 Å². The second-order valence-electron chi connectivity index (χ2n) is 5.94. The van der Waals surface area contributed by atoms with Crippen LogP contribution in [0.25, 0.3) is 0 Å². The lowest BCUT2D eigenvalue weighted by Gasteiger charge is -2.31. The summed E-state index contributed by atoms with van der Waals surface area (Å²) in [5, 5.41) is 3.43. The maximum atomic E-state index is 15.1. The molecule has 0 radical (unpaired) electrons. The molecule has 0 amide bonds. The molecule has 0 aromatic heterocycles. The van der Waals surface area contributed by atoms with E-state index in [-0.39, 0.29) is 0 Å². The van der Waals surface area contributed by atoms with Crippen molar-refractivity contribution >= 4 is 0 Å². The van der Waals surface area contributed by atoms with E-state index >= 15 is 4.39 Å². The molecule has 0 spiro atoms. The highest BCUT2D eigenvalue weighted by molar-refractivity contribution is 5.46. The average Bonchev–Trinajstić information content (AvgIpc) is 2.87. The first kappa shape index (κ1) is 12.9. The van der Waals surface area contributed by atoms with E-state index in [1.807, 2.05) is 18.2 Å². The van der Waals surface area contributed by atoms with Crippen LogP contribution in [-0.4, -0.2) is 19.2 Å². The molecule has 1 fully saturated rings. The number of fused-ring (bicyclic) bond motifs is 1. The van der Waals surface area contributed by atoms with E-state index in [2.05, 4.69) is 5.32 Å². The van der Waals surface area contributed by atoms with Gasteiger partial charge in [-0.25, -0.2) is 4.39 Å². The fraction of sp³-hybridized carbons (Fsp3) is 0.625. The number of piperidine rings is 1. The summed E-state index contributed by atoms with van der Waals surface area (Å²) in [4.78, 5) is 0. The first-order valence-electron chi connectivity index (χ1n) is 7.34. The number of nitrogens with one attached hydrogen (secondary N) is 1. The molecule has 2 unspecified atom stereocenters. The SMILES string of the molecule is CC(F)(CC1CCCCN1)c1cccc2c1OCC2. The van der Waals surface area contributed by atoms with E-state index in [1.54, 1.807) is 6.92 Å². The third-order valence-corrected chi connectivity index (χ3v) is 4.32. The molecule has 0 saturated carbocycles. The maximum absolute atomic E-state index is 15.1. The van der Waals surface area contributed by atoms with Crippen molar-refractivity contribution < 1.29 is 9.13 Å². The van der Waals surface area contributed by atoms with Crippen molar-refractivity contribution in [3.05, 3.63) is 29.3 Å². The Morgan fingerprint density at radius 2 is 2.32 bits per heavy atom. The molecule has 2 atom stereocenters. The molecule has 1 N–H and O–H groups in total. The molecule has 1 aromatic carbocycles. The minimum atomic E-state index is -1.31. The highest BCUT2D eigenvalue weighted by atomic mass is 19.1. The topological polar surface area (TPSA) is 21.3 Å². The zero-order chi connectivity index (χ0) is 13.3. The molecule has 1 aromatic rings. The van der Waals surface area contributed by atoms with Crippen molar-refractivity contribution in [1.82, 2.24) is 5.32 Å². The Morgan fingerprint density at radius 3 is 3.11 bits per heavy atom. The first-order chi connectivity index (χ1) is 9.17. The van der Waals surface area contributed by atoms with E-state index in [9.17, 15) is 0 Å². The number of hydrogen-bond donors (Lipinski definition) is 1. The Kier molecular flexibility index (Phi) is 3.48. The summed E-state index contributed by atoms with van der Waals surface area (Å²) in [6.45, 7) is 3.40. The predicted molar refractivity (Wildman–Crippen MR) is 74.4 cm³/mol. The molecule has 2 aliphatic rings. The van der Waals surface area contributed by atoms with Crippen LogP contribution < -0.4 is 10.1 Å². The van der Waals surface area contributed by atoms with Crippen LogP contribution in [-0.2, 0) is 12.1 Å². The lowest BCUT2D eigenvalue weighted by atomic mass is 9.86. The van der Waals surface area contributed by atoms with Gasteiger partial charge in [0, 0.05) is 24.4 Å². The van der Waals surface area contributed by atoms with Gasteiger partial charge in [0.2, 0.25) is 0 Å². The minimum absolute atomic E-state index is 0.293. The van der Waals surface area contributed by atoms with Crippen LogP contribution in [0.4, 0.5) is 4.39 Å². The molecule has 3 rings (SSSR count). The molecule has 3 heteroatoms. The van der Waals surface area contributed by atoms with Crippen LogP contribution in [0.5, 0.6) is 5.75 Å². The molecular weight excluding hydrogens is 241 g/mol. The number of hydrogen-bond acceptors (Lipinski definition) is 2. The largest absolute Gasteiger partial charge is 0.493 e. The molecule has 0 bridgehead atoms. The lowest BCUT2D eigenvalue weighted by molar-refractivity contribution is 0.141. The molecule has 1 saturated heterocycles. The Morgan fingerprint density at radius 1 is 1.42 bits per heavy atom. The van der Waals surface area contributed by atoms with Gasteiger partial charge in [-0.3, -0.25) is 0 Å². The Balaban J connectivity index is 1.81. The Bertz CT molecular complexity index is 452. The average molecular weight is 263 g/mol. The smallest absolute Gasteiger partial charge is 0.138 e. The number of para-hydroxylation sites is 1. The molecule has 2 nitrogen and oxygen atoms in total. The van der Waals surface area contributed by atoms with Crippen LogP contribution in [0.1, 0.15) is 43.7 Å². The van der Waals surface area contributed by atoms with Gasteiger partial charge in [0.25, 0.3) is 0 Å². The zero-order valence-electron chi connectivity index (χ0n) is 11.5. The summed E-state index contributed by atoms with van der Waals surface area (Å²) in [7, 11) is 0. The highest BCUT2D eigenvalue weighted by Gasteiger charge is 2.34. The van der Waals surface area contributed by atoms with E-state index in [4.69, 9.17) is 4.74 Å². The van der Waals surface area contributed by atoms with Gasteiger partial charge >= 0.3 is 0 Å². The second kappa shape index (κ2) is 5.12. The molecule has 104 valence electrons. The van der Waals surface area contributed by atoms with Gasteiger partial charge < -0.3 is 10.1 Å². The monoisotopic (exact) mass is 263 g/mol. The highest BCUT2D eigenvalue weighted by Crippen LogP contribution is 2.41. The van der Waals surface area contributed by atoms with Crippen LogP contribution in [0.15, 0.2) is 18.2 Å². The third kappa shape index (κ3) is 2.62. The van der Waals surface area contributed by atoms with Crippen molar-refractivity contribution in [2.24, 2.45) is 0 Å². The van der Waals surface area contributed by atoms with Gasteiger partial charge in [0.1, 0.15) is 11.4 Å². The number of benzene rings is 1. The third-order valence-electron chi connectivity index (χ3n) is 4.32. The molecular formula is C16H22FNO. The van der Waals surface area contributed by atoms with Crippen LogP contribution in [0, 0.1) is 0 Å². The van der Waals surface area contributed by atoms with Gasteiger partial charge in [-0.15, -0.1) is 0 Å². The van der Waals surface area contributed by atoms with Crippen molar-refractivity contribution in [2.45, 2.75) is 50.7 Å². The van der Waals surface area contributed by atoms with Crippen molar-refractivity contribution in [1.29, 1.82) is 0 Å². The van der Waals surface area contributed by atoms with Crippen molar-refractivity contribution in [3.63, 3.8) is 0 Å². The molecule has 0 aliphatic carbocycles. The van der Waals surface area contributed by atoms with Gasteiger partial charge in [-0.1, -0.05) is 24.6 Å². The second-order valence-corrected chi connectivity index (χ2v) is 5.94. The lowest BCUT2D eigenvalue weighted by Crippen LogP contribution is -2.38. The van der Waals surface area contributed by atoms with Crippen LogP contribution in [0.2, 0.25) is 0 Å². The van der Waals surface area contributed by atoms with Crippen LogP contribution in [0.3, 0.4) is 0 Å². The van der Waals surface area contributed by atoms with Crippen LogP contribution >= 0.6 is 0 Å². The first-order valence-corrected chi connectivity index (χ1v) is 7.34. The fourth-order valence-corrected chi connectivity index (χ4v) is 3.30. The number of rotatable bonds is 3. The number of alkyl halides is 1. The molecule has 2 heterocycles. The summed E-state index contributed by atoms with van der Waals surface area (Å²) in [5.41, 5.74) is 0.567. The van der Waals surface area contributed by atoms with E-state index in [0.29, 0.717) is 19.1 Å². The summed E-state index contributed by atoms with van der Waals surface area (Å²) in [5.74, 6) is 0.795. The molecule has 2 aliphatic heterocycles. The quantitative estimate of drug-likeness (QED) is 0.903. The van der Waals surface area contributed by atoms with Gasteiger partial charge in [-0.2, -0.15) is 0 Å². The Labute approximate surface area is 114 Å². The standard InChI is InChI=1S/C16H22FNO/c1-16(17,11-13-6-2-3-9-18-13)14-7-4-5-12-8-10-19-15(12)14/h4-5,7,13,18H,2-3,6,8-11H2,1H3. The number of halogens is 1. The van der Waals surface area contributed by atoms with Crippen molar-refractivity contribution in [3.8, 4) is 5.75 Å². The maximum Gasteiger partial charge on any atom is 0.138 e. The summed E-state index contributed by atoms with van der Waals surface area (Å²) in [6.07, 6.45) is 4.93. The van der Waals surface area contributed by atoms with E-state index in [1.165, 1.54) is 12.8 Å². The minimum Gasteiger partial charge on any atom is -0.493 e. The zero-order valence-corrected chi connectivity index (χ0v) is 11.5. The van der Waals surface area contributed by atoms with Crippen molar-refractivity contribution in [2.75, 3.05) is 13.2 Å². The summed E-state index contributed by atoms with van der Waals surface area (Å²) in [6, 6.07) is 6.17. The van der Waals surface area contributed by atoms with Gasteiger partial charge in [0.15, 0.2) is 0 Å².